The topological polar surface area (TPSA) is 42.9 Å². The summed E-state index contributed by atoms with van der Waals surface area (Å²) in [4.78, 5) is 11.1. The Hall–Kier alpha value is -1.03. The maximum absolute atomic E-state index is 11.1. The quantitative estimate of drug-likeness (QED) is 0.507. The van der Waals surface area contributed by atoms with Gasteiger partial charge in [0.25, 0.3) is 0 Å². The molecule has 0 radical (unpaired) electrons. The molecule has 4 heteroatoms. The number of rotatable bonds is 4. The van der Waals surface area contributed by atoms with E-state index >= 15 is 0 Å². The Kier molecular flexibility index (Phi) is 2.92. The van der Waals surface area contributed by atoms with Gasteiger partial charge in [-0.1, -0.05) is 10.6 Å². The fourth-order valence-electron chi connectivity index (χ4n) is 0.647. The summed E-state index contributed by atoms with van der Waals surface area (Å²) in [6.07, 6.45) is 2.91. The minimum Gasteiger partial charge on any atom is -0.292 e. The van der Waals surface area contributed by atoms with Crippen molar-refractivity contribution in [2.45, 2.75) is 12.8 Å². The first-order valence-electron chi connectivity index (χ1n) is 3.25. The highest BCUT2D eigenvalue weighted by Gasteiger charge is 2.06. The third-order valence-corrected chi connectivity index (χ3v) is 1.73. The SMILES string of the molecule is C=CCCC(=O)c1csnn1. The van der Waals surface area contributed by atoms with Gasteiger partial charge >= 0.3 is 0 Å². The molecule has 0 fully saturated rings. The van der Waals surface area contributed by atoms with Gasteiger partial charge in [0.1, 0.15) is 5.69 Å². The minimum atomic E-state index is 0.0404. The molecular weight excluding hydrogens is 160 g/mol. The summed E-state index contributed by atoms with van der Waals surface area (Å²) in [6.45, 7) is 3.53. The van der Waals surface area contributed by atoms with E-state index in [1.54, 1.807) is 11.5 Å². The van der Waals surface area contributed by atoms with Crippen LogP contribution >= 0.6 is 11.5 Å². The lowest BCUT2D eigenvalue weighted by Gasteiger charge is -1.89. The van der Waals surface area contributed by atoms with Crippen molar-refractivity contribution in [3.05, 3.63) is 23.7 Å². The van der Waals surface area contributed by atoms with Gasteiger partial charge in [-0.2, -0.15) is 0 Å². The van der Waals surface area contributed by atoms with Crippen molar-refractivity contribution >= 4 is 17.3 Å². The van der Waals surface area contributed by atoms with Gasteiger partial charge < -0.3 is 0 Å². The Bertz CT molecular complexity index is 243. The monoisotopic (exact) mass is 168 g/mol. The van der Waals surface area contributed by atoms with Crippen LogP contribution in [0.15, 0.2) is 18.0 Å². The second-order valence-electron chi connectivity index (χ2n) is 2.04. The summed E-state index contributed by atoms with van der Waals surface area (Å²) in [7, 11) is 0. The molecule has 0 aromatic carbocycles. The van der Waals surface area contributed by atoms with Crippen molar-refractivity contribution < 1.29 is 4.79 Å². The lowest BCUT2D eigenvalue weighted by atomic mass is 10.2. The molecule has 0 bridgehead atoms. The van der Waals surface area contributed by atoms with Crippen LogP contribution in [0.25, 0.3) is 0 Å². The summed E-state index contributed by atoms with van der Waals surface area (Å²) in [5, 5.41) is 5.31. The second-order valence-corrected chi connectivity index (χ2v) is 2.65. The largest absolute Gasteiger partial charge is 0.292 e. The molecule has 0 N–H and O–H groups in total. The highest BCUT2D eigenvalue weighted by molar-refractivity contribution is 7.03. The van der Waals surface area contributed by atoms with E-state index in [4.69, 9.17) is 0 Å². The Morgan fingerprint density at radius 2 is 2.64 bits per heavy atom. The van der Waals surface area contributed by atoms with Crippen LogP contribution in [0, 0.1) is 0 Å². The van der Waals surface area contributed by atoms with Crippen molar-refractivity contribution in [3.63, 3.8) is 0 Å². The number of aromatic nitrogens is 2. The Morgan fingerprint density at radius 1 is 1.82 bits per heavy atom. The molecule has 0 aliphatic carbocycles. The smallest absolute Gasteiger partial charge is 0.184 e. The first-order chi connectivity index (χ1) is 5.34. The standard InChI is InChI=1S/C7H8N2OS/c1-2-3-4-7(10)6-5-11-9-8-6/h2,5H,1,3-4H2. The average molecular weight is 168 g/mol. The van der Waals surface area contributed by atoms with E-state index in [2.05, 4.69) is 16.2 Å². The fraction of sp³-hybridized carbons (Fsp3) is 0.286. The molecule has 0 spiro atoms. The van der Waals surface area contributed by atoms with Crippen LogP contribution in [-0.2, 0) is 0 Å². The zero-order valence-corrected chi connectivity index (χ0v) is 6.80. The molecule has 0 saturated heterocycles. The molecule has 1 rings (SSSR count). The summed E-state index contributed by atoms with van der Waals surface area (Å²) >= 11 is 1.19. The van der Waals surface area contributed by atoms with Crippen molar-refractivity contribution in [2.75, 3.05) is 0 Å². The molecule has 3 nitrogen and oxygen atoms in total. The van der Waals surface area contributed by atoms with Crippen molar-refractivity contribution in [3.8, 4) is 0 Å². The maximum atomic E-state index is 11.1. The zero-order valence-electron chi connectivity index (χ0n) is 5.99. The average Bonchev–Trinajstić information content (AvgIpc) is 2.52. The Morgan fingerprint density at radius 3 is 3.18 bits per heavy atom. The summed E-state index contributed by atoms with van der Waals surface area (Å²) < 4.78 is 3.60. The molecule has 1 aromatic rings. The highest BCUT2D eigenvalue weighted by atomic mass is 32.1. The number of Topliss-reactive ketones (excluding diaryl/α,β-unsaturated/α-hetero) is 1. The number of nitrogens with zero attached hydrogens (tertiary/aromatic N) is 2. The summed E-state index contributed by atoms with van der Waals surface area (Å²) in [6, 6.07) is 0. The normalized spacial score (nSPS) is 9.45. The number of hydrogen-bond donors (Lipinski definition) is 0. The van der Waals surface area contributed by atoms with Crippen LogP contribution in [-0.4, -0.2) is 15.4 Å². The van der Waals surface area contributed by atoms with E-state index in [9.17, 15) is 4.79 Å². The van der Waals surface area contributed by atoms with Crippen LogP contribution in [0.1, 0.15) is 23.3 Å². The maximum Gasteiger partial charge on any atom is 0.184 e. The van der Waals surface area contributed by atoms with E-state index in [-0.39, 0.29) is 5.78 Å². The molecule has 0 aliphatic rings. The first-order valence-corrected chi connectivity index (χ1v) is 4.09. The predicted octanol–water partition coefficient (Wildman–Crippen LogP) is 1.69. The first kappa shape index (κ1) is 8.07. The van der Waals surface area contributed by atoms with Gasteiger partial charge in [-0.15, -0.1) is 11.7 Å². The molecule has 0 unspecified atom stereocenters. The third kappa shape index (κ3) is 2.23. The number of hydrogen-bond acceptors (Lipinski definition) is 4. The van der Waals surface area contributed by atoms with Gasteiger partial charge in [0.2, 0.25) is 0 Å². The van der Waals surface area contributed by atoms with Crippen LogP contribution in [0.3, 0.4) is 0 Å². The minimum absolute atomic E-state index is 0.0404. The molecule has 0 aliphatic heterocycles. The summed E-state index contributed by atoms with van der Waals surface area (Å²) in [5.74, 6) is 0.0404. The molecule has 58 valence electrons. The Labute approximate surface area is 68.9 Å². The Balaban J connectivity index is 2.49. The molecular formula is C7H8N2OS. The van der Waals surface area contributed by atoms with Crippen LogP contribution < -0.4 is 0 Å². The van der Waals surface area contributed by atoms with Gasteiger partial charge in [-0.25, -0.2) is 0 Å². The molecule has 0 atom stereocenters. The van der Waals surface area contributed by atoms with Crippen molar-refractivity contribution in [1.82, 2.24) is 9.59 Å². The van der Waals surface area contributed by atoms with Gasteiger partial charge in [0, 0.05) is 11.8 Å². The molecule has 1 heterocycles. The van der Waals surface area contributed by atoms with Gasteiger partial charge in [-0.3, -0.25) is 4.79 Å². The lowest BCUT2D eigenvalue weighted by molar-refractivity contribution is 0.0979. The van der Waals surface area contributed by atoms with Crippen molar-refractivity contribution in [1.29, 1.82) is 0 Å². The van der Waals surface area contributed by atoms with Gasteiger partial charge in [0.15, 0.2) is 5.78 Å². The van der Waals surface area contributed by atoms with Crippen LogP contribution in [0.2, 0.25) is 0 Å². The highest BCUT2D eigenvalue weighted by Crippen LogP contribution is 2.03. The lowest BCUT2D eigenvalue weighted by Crippen LogP contribution is -1.98. The van der Waals surface area contributed by atoms with Gasteiger partial charge in [-0.05, 0) is 18.0 Å². The van der Waals surface area contributed by atoms with E-state index < -0.39 is 0 Å². The van der Waals surface area contributed by atoms with Crippen LogP contribution in [0.5, 0.6) is 0 Å². The third-order valence-electron chi connectivity index (χ3n) is 1.22. The van der Waals surface area contributed by atoms with Crippen molar-refractivity contribution in [2.24, 2.45) is 0 Å². The van der Waals surface area contributed by atoms with E-state index in [1.165, 1.54) is 11.5 Å². The predicted molar refractivity (Wildman–Crippen MR) is 43.7 cm³/mol. The van der Waals surface area contributed by atoms with E-state index in [1.807, 2.05) is 0 Å². The zero-order chi connectivity index (χ0) is 8.10. The molecule has 11 heavy (non-hydrogen) atoms. The summed E-state index contributed by atoms with van der Waals surface area (Å²) in [5.41, 5.74) is 0.469. The fourth-order valence-corrected chi connectivity index (χ4v) is 1.11. The van der Waals surface area contributed by atoms with E-state index in [0.717, 1.165) is 0 Å². The molecule has 1 aromatic heterocycles. The molecule has 0 amide bonds. The number of ketones is 1. The number of carbonyl (C=O) groups excluding carboxylic acids is 1. The number of allylic oxidation sites excluding steroid dienone is 1. The van der Waals surface area contributed by atoms with Gasteiger partial charge in [0.05, 0.1) is 0 Å². The van der Waals surface area contributed by atoms with E-state index in [0.29, 0.717) is 18.5 Å². The number of carbonyl (C=O) groups is 1. The second kappa shape index (κ2) is 3.98. The van der Waals surface area contributed by atoms with Crippen LogP contribution in [0.4, 0.5) is 0 Å². The molecule has 0 saturated carbocycles.